The van der Waals surface area contributed by atoms with Gasteiger partial charge in [0.1, 0.15) is 5.82 Å². The zero-order valence-corrected chi connectivity index (χ0v) is 7.19. The van der Waals surface area contributed by atoms with Crippen molar-refractivity contribution in [3.05, 3.63) is 11.6 Å². The largest absolute Gasteiger partial charge is 0.381 e. The minimum absolute atomic E-state index is 0.223. The first-order chi connectivity index (χ1) is 6.40. The van der Waals surface area contributed by atoms with Gasteiger partial charge in [0.25, 0.3) is 0 Å². The lowest BCUT2D eigenvalue weighted by Crippen LogP contribution is -2.16. The highest BCUT2D eigenvalue weighted by molar-refractivity contribution is 5.68. The fourth-order valence-corrected chi connectivity index (χ4v) is 1.48. The summed E-state index contributed by atoms with van der Waals surface area (Å²) in [6.45, 7) is 1.50. The van der Waals surface area contributed by atoms with Crippen molar-refractivity contribution >= 4 is 6.29 Å². The molecule has 1 fully saturated rings. The predicted molar refractivity (Wildman–Crippen MR) is 44.6 cm³/mol. The average Bonchev–Trinajstić information content (AvgIpc) is 2.67. The number of aromatic nitrogens is 3. The SMILES string of the molecule is O=Cc1n[nH]c(C2CCCOC2)n1. The van der Waals surface area contributed by atoms with Crippen molar-refractivity contribution in [2.24, 2.45) is 0 Å². The summed E-state index contributed by atoms with van der Waals surface area (Å²) in [6, 6.07) is 0. The van der Waals surface area contributed by atoms with Crippen LogP contribution in [-0.4, -0.2) is 34.7 Å². The topological polar surface area (TPSA) is 67.9 Å². The third kappa shape index (κ3) is 1.75. The quantitative estimate of drug-likeness (QED) is 0.675. The molecule has 1 saturated heterocycles. The molecule has 1 aromatic rings. The zero-order chi connectivity index (χ0) is 9.10. The fraction of sp³-hybridized carbons (Fsp3) is 0.625. The molecule has 2 rings (SSSR count). The Morgan fingerprint density at radius 2 is 2.54 bits per heavy atom. The van der Waals surface area contributed by atoms with Gasteiger partial charge in [0.05, 0.1) is 6.61 Å². The summed E-state index contributed by atoms with van der Waals surface area (Å²) in [7, 11) is 0. The average molecular weight is 181 g/mol. The lowest BCUT2D eigenvalue weighted by atomic mass is 10.0. The number of H-pyrrole nitrogens is 1. The summed E-state index contributed by atoms with van der Waals surface area (Å²) in [5.74, 6) is 1.26. The number of rotatable bonds is 2. The Morgan fingerprint density at radius 3 is 3.15 bits per heavy atom. The molecule has 70 valence electrons. The van der Waals surface area contributed by atoms with Crippen LogP contribution < -0.4 is 0 Å². The van der Waals surface area contributed by atoms with E-state index in [1.165, 1.54) is 0 Å². The summed E-state index contributed by atoms with van der Waals surface area (Å²) in [5, 5.41) is 6.50. The van der Waals surface area contributed by atoms with E-state index in [0.29, 0.717) is 12.9 Å². The molecular weight excluding hydrogens is 170 g/mol. The molecular formula is C8H11N3O2. The molecule has 0 amide bonds. The van der Waals surface area contributed by atoms with Crippen LogP contribution in [0.5, 0.6) is 0 Å². The highest BCUT2D eigenvalue weighted by atomic mass is 16.5. The van der Waals surface area contributed by atoms with Gasteiger partial charge < -0.3 is 4.74 Å². The van der Waals surface area contributed by atoms with E-state index in [9.17, 15) is 4.79 Å². The molecule has 0 radical (unpaired) electrons. The zero-order valence-electron chi connectivity index (χ0n) is 7.19. The minimum Gasteiger partial charge on any atom is -0.381 e. The van der Waals surface area contributed by atoms with Crippen molar-refractivity contribution in [2.45, 2.75) is 18.8 Å². The Labute approximate surface area is 75.5 Å². The molecule has 5 nitrogen and oxygen atoms in total. The first-order valence-electron chi connectivity index (χ1n) is 4.35. The Kier molecular flexibility index (Phi) is 2.35. The molecule has 1 aliphatic heterocycles. The third-order valence-electron chi connectivity index (χ3n) is 2.17. The number of carbonyl (C=O) groups is 1. The van der Waals surface area contributed by atoms with Crippen LogP contribution in [-0.2, 0) is 4.74 Å². The van der Waals surface area contributed by atoms with Crippen LogP contribution in [0.3, 0.4) is 0 Å². The molecule has 0 spiro atoms. The molecule has 1 aromatic heterocycles. The molecule has 1 N–H and O–H groups in total. The Hall–Kier alpha value is -1.23. The molecule has 1 unspecified atom stereocenters. The lowest BCUT2D eigenvalue weighted by molar-refractivity contribution is 0.0781. The second-order valence-corrected chi connectivity index (χ2v) is 3.11. The van der Waals surface area contributed by atoms with Crippen LogP contribution in [0.25, 0.3) is 0 Å². The highest BCUT2D eigenvalue weighted by Gasteiger charge is 2.19. The maximum Gasteiger partial charge on any atom is 0.214 e. The first-order valence-corrected chi connectivity index (χ1v) is 4.35. The summed E-state index contributed by atoms with van der Waals surface area (Å²) in [4.78, 5) is 14.4. The fourth-order valence-electron chi connectivity index (χ4n) is 1.48. The van der Waals surface area contributed by atoms with Gasteiger partial charge in [-0.05, 0) is 12.8 Å². The summed E-state index contributed by atoms with van der Waals surface area (Å²) >= 11 is 0. The molecule has 2 heterocycles. The summed E-state index contributed by atoms with van der Waals surface area (Å²) in [5.41, 5.74) is 0. The number of aldehydes is 1. The molecule has 0 aliphatic carbocycles. The maximum absolute atomic E-state index is 10.3. The van der Waals surface area contributed by atoms with Gasteiger partial charge >= 0.3 is 0 Å². The van der Waals surface area contributed by atoms with E-state index in [1.54, 1.807) is 0 Å². The standard InChI is InChI=1S/C8H11N3O2/c12-4-7-9-8(11-10-7)6-2-1-3-13-5-6/h4,6H,1-3,5H2,(H,9,10,11). The minimum atomic E-state index is 0.223. The lowest BCUT2D eigenvalue weighted by Gasteiger charge is -2.19. The Bertz CT molecular complexity index is 291. The normalized spacial score (nSPS) is 22.9. The van der Waals surface area contributed by atoms with Crippen LogP contribution in [0, 0.1) is 0 Å². The number of ether oxygens (including phenoxy) is 1. The molecule has 13 heavy (non-hydrogen) atoms. The summed E-state index contributed by atoms with van der Waals surface area (Å²) in [6.07, 6.45) is 2.74. The van der Waals surface area contributed by atoms with Gasteiger partial charge in [0.2, 0.25) is 5.82 Å². The van der Waals surface area contributed by atoms with Crippen LogP contribution in [0.4, 0.5) is 0 Å². The van der Waals surface area contributed by atoms with Crippen molar-refractivity contribution in [1.82, 2.24) is 15.2 Å². The number of aromatic amines is 1. The monoisotopic (exact) mass is 181 g/mol. The van der Waals surface area contributed by atoms with Crippen LogP contribution >= 0.6 is 0 Å². The number of hydrogen-bond donors (Lipinski definition) is 1. The van der Waals surface area contributed by atoms with E-state index in [0.717, 1.165) is 25.3 Å². The van der Waals surface area contributed by atoms with E-state index in [-0.39, 0.29) is 11.7 Å². The van der Waals surface area contributed by atoms with Gasteiger partial charge in [-0.25, -0.2) is 4.98 Å². The van der Waals surface area contributed by atoms with Crippen LogP contribution in [0.2, 0.25) is 0 Å². The Morgan fingerprint density at radius 1 is 1.62 bits per heavy atom. The van der Waals surface area contributed by atoms with Crippen molar-refractivity contribution in [3.63, 3.8) is 0 Å². The number of hydrogen-bond acceptors (Lipinski definition) is 4. The molecule has 0 bridgehead atoms. The molecule has 5 heteroatoms. The molecule has 0 saturated carbocycles. The highest BCUT2D eigenvalue weighted by Crippen LogP contribution is 2.21. The summed E-state index contributed by atoms with van der Waals surface area (Å²) < 4.78 is 5.30. The van der Waals surface area contributed by atoms with E-state index >= 15 is 0 Å². The van der Waals surface area contributed by atoms with E-state index in [1.807, 2.05) is 0 Å². The first kappa shape index (κ1) is 8.37. The van der Waals surface area contributed by atoms with Crippen molar-refractivity contribution in [3.8, 4) is 0 Å². The van der Waals surface area contributed by atoms with E-state index in [2.05, 4.69) is 15.2 Å². The molecule has 1 aliphatic rings. The van der Waals surface area contributed by atoms with Crippen LogP contribution in [0.15, 0.2) is 0 Å². The van der Waals surface area contributed by atoms with Crippen molar-refractivity contribution < 1.29 is 9.53 Å². The van der Waals surface area contributed by atoms with Crippen molar-refractivity contribution in [1.29, 1.82) is 0 Å². The number of nitrogens with one attached hydrogen (secondary N) is 1. The van der Waals surface area contributed by atoms with Gasteiger partial charge in [-0.3, -0.25) is 9.89 Å². The van der Waals surface area contributed by atoms with Gasteiger partial charge in [-0.1, -0.05) is 0 Å². The third-order valence-corrected chi connectivity index (χ3v) is 2.17. The number of nitrogens with zero attached hydrogens (tertiary/aromatic N) is 2. The second-order valence-electron chi connectivity index (χ2n) is 3.11. The second kappa shape index (κ2) is 3.66. The van der Waals surface area contributed by atoms with Gasteiger partial charge in [-0.2, -0.15) is 5.10 Å². The van der Waals surface area contributed by atoms with Gasteiger partial charge in [-0.15, -0.1) is 0 Å². The molecule has 1 atom stereocenters. The smallest absolute Gasteiger partial charge is 0.214 e. The number of carbonyl (C=O) groups excluding carboxylic acids is 1. The van der Waals surface area contributed by atoms with Gasteiger partial charge in [0, 0.05) is 12.5 Å². The van der Waals surface area contributed by atoms with E-state index < -0.39 is 0 Å². The van der Waals surface area contributed by atoms with Gasteiger partial charge in [0.15, 0.2) is 6.29 Å². The van der Waals surface area contributed by atoms with Crippen molar-refractivity contribution in [2.75, 3.05) is 13.2 Å². The maximum atomic E-state index is 10.3. The predicted octanol–water partition coefficient (Wildman–Crippen LogP) is 0.511. The van der Waals surface area contributed by atoms with Crippen LogP contribution in [0.1, 0.15) is 35.2 Å². The van der Waals surface area contributed by atoms with E-state index in [4.69, 9.17) is 4.74 Å². The Balaban J connectivity index is 2.09. The molecule has 0 aromatic carbocycles.